The molecule has 0 spiro atoms. The summed E-state index contributed by atoms with van der Waals surface area (Å²) < 4.78 is 8.56. The Morgan fingerprint density at radius 1 is 0.474 bits per heavy atom. The van der Waals surface area contributed by atoms with E-state index in [9.17, 15) is 0 Å². The van der Waals surface area contributed by atoms with Crippen molar-refractivity contribution in [3.05, 3.63) is 211 Å². The van der Waals surface area contributed by atoms with Gasteiger partial charge in [0.25, 0.3) is 0 Å². The molecule has 5 nitrogen and oxygen atoms in total. The summed E-state index contributed by atoms with van der Waals surface area (Å²) in [5.74, 6) is 1.51. The molecule has 0 saturated heterocycles. The summed E-state index contributed by atoms with van der Waals surface area (Å²) >= 11 is 0. The highest BCUT2D eigenvalue weighted by Gasteiger charge is 2.17. The van der Waals surface area contributed by atoms with E-state index >= 15 is 0 Å². The van der Waals surface area contributed by atoms with Crippen LogP contribution in [0.2, 0.25) is 0 Å². The van der Waals surface area contributed by atoms with Crippen LogP contribution >= 0.6 is 0 Å². The molecule has 0 radical (unpaired) electrons. The van der Waals surface area contributed by atoms with Crippen LogP contribution in [-0.2, 0) is 6.54 Å². The van der Waals surface area contributed by atoms with Gasteiger partial charge in [0.2, 0.25) is 0 Å². The molecule has 2 aromatic heterocycles. The van der Waals surface area contributed by atoms with Crippen LogP contribution < -0.4 is 5.32 Å². The Morgan fingerprint density at radius 3 is 1.89 bits per heavy atom. The molecule has 0 aliphatic heterocycles. The van der Waals surface area contributed by atoms with Gasteiger partial charge in [0.05, 0.1) is 23.3 Å². The Labute approximate surface area is 330 Å². The van der Waals surface area contributed by atoms with Crippen molar-refractivity contribution >= 4 is 55.4 Å². The highest BCUT2D eigenvalue weighted by atomic mass is 16.3. The normalized spacial score (nSPS) is 12.2. The van der Waals surface area contributed by atoms with Gasteiger partial charge in [-0.15, -0.1) is 0 Å². The molecule has 0 saturated carbocycles. The highest BCUT2D eigenvalue weighted by Crippen LogP contribution is 2.38. The van der Waals surface area contributed by atoms with Crippen molar-refractivity contribution in [3.8, 4) is 27.9 Å². The Balaban J connectivity index is 1.08. The van der Waals surface area contributed by atoms with E-state index in [0.717, 1.165) is 83.7 Å². The van der Waals surface area contributed by atoms with Gasteiger partial charge in [0.15, 0.2) is 0 Å². The lowest BCUT2D eigenvalue weighted by atomic mass is 10.0. The number of amidine groups is 2. The number of hydrogen-bond donors (Lipinski definition) is 1. The fraction of sp³-hybridized carbons (Fsp3) is 0.0385. The van der Waals surface area contributed by atoms with Crippen LogP contribution in [-0.4, -0.2) is 23.3 Å². The van der Waals surface area contributed by atoms with E-state index in [4.69, 9.17) is 9.41 Å². The molecule has 8 aromatic carbocycles. The van der Waals surface area contributed by atoms with E-state index in [1.165, 1.54) is 16.3 Å². The second-order valence-electron chi connectivity index (χ2n) is 14.2. The van der Waals surface area contributed by atoms with Gasteiger partial charge in [-0.3, -0.25) is 9.98 Å². The second-order valence-corrected chi connectivity index (χ2v) is 14.2. The van der Waals surface area contributed by atoms with Crippen molar-refractivity contribution in [1.29, 1.82) is 0 Å². The van der Waals surface area contributed by atoms with Gasteiger partial charge in [0, 0.05) is 39.7 Å². The molecule has 0 bridgehead atoms. The van der Waals surface area contributed by atoms with Crippen LogP contribution in [0, 0.1) is 0 Å². The number of hydrogen-bond acceptors (Lipinski definition) is 3. The topological polar surface area (TPSA) is 54.8 Å². The third-order valence-electron chi connectivity index (χ3n) is 10.8. The fourth-order valence-electron chi connectivity index (χ4n) is 7.96. The third kappa shape index (κ3) is 6.35. The lowest BCUT2D eigenvalue weighted by Crippen LogP contribution is -2.32. The Morgan fingerprint density at radius 2 is 1.07 bits per heavy atom. The molecule has 0 aliphatic rings. The summed E-state index contributed by atoms with van der Waals surface area (Å²) in [7, 11) is 1.81. The van der Waals surface area contributed by atoms with E-state index < -0.39 is 0 Å². The number of aromatic nitrogens is 1. The van der Waals surface area contributed by atoms with Gasteiger partial charge in [0.1, 0.15) is 22.8 Å². The summed E-state index contributed by atoms with van der Waals surface area (Å²) in [6.07, 6.45) is 0. The van der Waals surface area contributed by atoms with Gasteiger partial charge < -0.3 is 14.3 Å². The number of aliphatic imine (C=N–C) groups is 2. The maximum Gasteiger partial charge on any atom is 0.135 e. The van der Waals surface area contributed by atoms with Crippen molar-refractivity contribution in [2.75, 3.05) is 7.05 Å². The summed E-state index contributed by atoms with van der Waals surface area (Å²) in [5.41, 5.74) is 12.9. The first kappa shape index (κ1) is 34.0. The quantitative estimate of drug-likeness (QED) is 0.131. The minimum Gasteiger partial charge on any atom is -0.456 e. The van der Waals surface area contributed by atoms with Crippen molar-refractivity contribution in [2.24, 2.45) is 9.98 Å². The Hall–Kier alpha value is -7.50. The molecular weight excluding hydrogens is 697 g/mol. The first-order chi connectivity index (χ1) is 28.2. The number of furan rings is 1. The maximum absolute atomic E-state index is 6.16. The SMILES string of the molecule is CN=C(NC(=NCc1ccccc1-n1c2ccccc2c2ccc(-c3ccc4oc5ccccc5c4c3)cc21)c1ccc(-c2ccccc2)cc1)c1ccccc1. The van der Waals surface area contributed by atoms with Gasteiger partial charge >= 0.3 is 0 Å². The molecular formula is C52H38N4O. The van der Waals surface area contributed by atoms with Crippen LogP contribution in [0.1, 0.15) is 16.7 Å². The molecule has 10 rings (SSSR count). The molecule has 0 aliphatic carbocycles. The van der Waals surface area contributed by atoms with Crippen LogP contribution in [0.15, 0.2) is 209 Å². The van der Waals surface area contributed by atoms with Crippen LogP contribution in [0.3, 0.4) is 0 Å². The van der Waals surface area contributed by atoms with E-state index in [-0.39, 0.29) is 0 Å². The molecule has 0 amide bonds. The minimum absolute atomic E-state index is 0.447. The standard InChI is InChI=1S/C52H38N4O/c1-53-51(37-16-6-3-7-17-37)55-52(38-26-24-36(25-27-38)35-14-4-2-5-15-35)54-34-41-18-8-11-21-46(41)56-47-22-12-9-19-42(47)43-30-28-40(33-48(43)56)39-29-31-50-45(32-39)44-20-10-13-23-49(44)57-50/h2-33H,34H2,1H3,(H,53,54,55). The predicted octanol–water partition coefficient (Wildman–Crippen LogP) is 12.6. The van der Waals surface area contributed by atoms with Gasteiger partial charge in [-0.2, -0.15) is 0 Å². The summed E-state index contributed by atoms with van der Waals surface area (Å²) in [5, 5.41) is 8.27. The average molecular weight is 735 g/mol. The van der Waals surface area contributed by atoms with Gasteiger partial charge in [-0.1, -0.05) is 158 Å². The third-order valence-corrected chi connectivity index (χ3v) is 10.8. The zero-order valence-corrected chi connectivity index (χ0v) is 31.4. The molecule has 10 aromatic rings. The Kier molecular flexibility index (Phi) is 8.73. The monoisotopic (exact) mass is 734 g/mol. The van der Waals surface area contributed by atoms with E-state index in [0.29, 0.717) is 6.54 Å². The molecule has 0 unspecified atom stereocenters. The van der Waals surface area contributed by atoms with Crippen molar-refractivity contribution < 1.29 is 4.42 Å². The van der Waals surface area contributed by atoms with E-state index in [2.05, 4.69) is 173 Å². The average Bonchev–Trinajstić information content (AvgIpc) is 3.82. The van der Waals surface area contributed by atoms with Crippen molar-refractivity contribution in [1.82, 2.24) is 9.88 Å². The molecule has 1 N–H and O–H groups in total. The molecule has 0 fully saturated rings. The summed E-state index contributed by atoms with van der Waals surface area (Å²) in [4.78, 5) is 9.97. The number of nitrogens with one attached hydrogen (secondary N) is 1. The van der Waals surface area contributed by atoms with Gasteiger partial charge in [-0.05, 0) is 64.2 Å². The maximum atomic E-state index is 6.16. The summed E-state index contributed by atoms with van der Waals surface area (Å²) in [6, 6.07) is 68.1. The molecule has 2 heterocycles. The van der Waals surface area contributed by atoms with Crippen LogP contribution in [0.4, 0.5) is 0 Å². The van der Waals surface area contributed by atoms with Crippen LogP contribution in [0.25, 0.3) is 71.7 Å². The van der Waals surface area contributed by atoms with E-state index in [1.54, 1.807) is 0 Å². The first-order valence-corrected chi connectivity index (χ1v) is 19.2. The smallest absolute Gasteiger partial charge is 0.135 e. The van der Waals surface area contributed by atoms with Crippen LogP contribution in [0.5, 0.6) is 0 Å². The lowest BCUT2D eigenvalue weighted by Gasteiger charge is -2.16. The number of benzene rings is 8. The first-order valence-electron chi connectivity index (χ1n) is 19.2. The fourth-order valence-corrected chi connectivity index (χ4v) is 7.96. The second kappa shape index (κ2) is 14.6. The summed E-state index contributed by atoms with van der Waals surface area (Å²) in [6.45, 7) is 0.447. The minimum atomic E-state index is 0.447. The number of fused-ring (bicyclic) bond motifs is 6. The van der Waals surface area contributed by atoms with Crippen molar-refractivity contribution in [2.45, 2.75) is 6.54 Å². The zero-order chi connectivity index (χ0) is 38.1. The molecule has 0 atom stereocenters. The zero-order valence-electron chi connectivity index (χ0n) is 31.4. The largest absolute Gasteiger partial charge is 0.456 e. The number of rotatable bonds is 7. The van der Waals surface area contributed by atoms with E-state index in [1.807, 2.05) is 43.4 Å². The number of para-hydroxylation sites is 3. The van der Waals surface area contributed by atoms with Gasteiger partial charge in [-0.25, -0.2) is 0 Å². The molecule has 272 valence electrons. The lowest BCUT2D eigenvalue weighted by molar-refractivity contribution is 0.669. The molecule has 5 heteroatoms. The highest BCUT2D eigenvalue weighted by molar-refractivity contribution is 6.15. The van der Waals surface area contributed by atoms with Crippen molar-refractivity contribution in [3.63, 3.8) is 0 Å². The Bertz CT molecular complexity index is 3120. The predicted molar refractivity (Wildman–Crippen MR) is 238 cm³/mol. The molecule has 57 heavy (non-hydrogen) atoms. The number of nitrogens with zero attached hydrogens (tertiary/aromatic N) is 3.